The number of aliphatic imine (C=N–C) groups is 1. The number of benzene rings is 2. The second kappa shape index (κ2) is 4.39. The molecule has 2 aromatic carbocycles. The maximum absolute atomic E-state index is 5.94. The van der Waals surface area contributed by atoms with Crippen molar-refractivity contribution in [2.45, 2.75) is 6.17 Å². The molecule has 1 atom stereocenters. The molecule has 0 saturated carbocycles. The van der Waals surface area contributed by atoms with E-state index in [-0.39, 0.29) is 13.0 Å². The number of para-hydroxylation sites is 2. The lowest BCUT2D eigenvalue weighted by Crippen LogP contribution is -2.31. The molecule has 7 nitrogen and oxygen atoms in total. The highest BCUT2D eigenvalue weighted by atomic mass is 16.7. The molecule has 23 heavy (non-hydrogen) atoms. The zero-order chi connectivity index (χ0) is 15.4. The molecular formula is C16H13N5O2. The average Bonchev–Trinajstić information content (AvgIpc) is 3.17. The monoisotopic (exact) mass is 307 g/mol. The molecule has 2 aliphatic heterocycles. The number of imidazole rings is 1. The highest BCUT2D eigenvalue weighted by molar-refractivity contribution is 5.94. The summed E-state index contributed by atoms with van der Waals surface area (Å²) < 4.78 is 12.9. The molecule has 0 spiro atoms. The van der Waals surface area contributed by atoms with Crippen molar-refractivity contribution in [2.75, 3.05) is 12.1 Å². The minimum Gasteiger partial charge on any atom is -0.454 e. The quantitative estimate of drug-likeness (QED) is 0.718. The predicted molar refractivity (Wildman–Crippen MR) is 85.7 cm³/mol. The zero-order valence-corrected chi connectivity index (χ0v) is 12.1. The van der Waals surface area contributed by atoms with Crippen molar-refractivity contribution in [3.63, 3.8) is 0 Å². The number of hydrogen-bond donors (Lipinski definition) is 2. The van der Waals surface area contributed by atoms with Gasteiger partial charge in [-0.2, -0.15) is 0 Å². The van der Waals surface area contributed by atoms with Gasteiger partial charge in [-0.3, -0.25) is 9.88 Å². The van der Waals surface area contributed by atoms with Gasteiger partial charge in [0.05, 0.1) is 11.0 Å². The van der Waals surface area contributed by atoms with Crippen LogP contribution >= 0.6 is 0 Å². The number of nitrogens with zero attached hydrogens (tertiary/aromatic N) is 3. The molecule has 0 bridgehead atoms. The second-order valence-electron chi connectivity index (χ2n) is 5.42. The second-order valence-corrected chi connectivity index (χ2v) is 5.42. The molecule has 0 fully saturated rings. The molecule has 7 heteroatoms. The molecule has 2 aliphatic rings. The third-order valence-corrected chi connectivity index (χ3v) is 4.04. The van der Waals surface area contributed by atoms with Crippen molar-refractivity contribution >= 4 is 22.9 Å². The maximum Gasteiger partial charge on any atom is 0.231 e. The standard InChI is InChI=1S/C16H13N5O2/c17-15-19-14(9-5-6-12-13(7-9)23-8-22-12)21-11-4-2-1-3-10(11)18-16(21)20-15/h1-7,14H,8H2,(H3,17,18,19,20)/t14-/m0/s1. The van der Waals surface area contributed by atoms with Gasteiger partial charge in [-0.25, -0.2) is 9.98 Å². The Bertz CT molecular complexity index is 962. The van der Waals surface area contributed by atoms with Crippen molar-refractivity contribution in [3.8, 4) is 11.5 Å². The maximum atomic E-state index is 5.94. The van der Waals surface area contributed by atoms with E-state index in [2.05, 4.69) is 15.3 Å². The number of guanidine groups is 1. The molecule has 5 rings (SSSR count). The number of ether oxygens (including phenoxy) is 2. The Morgan fingerprint density at radius 2 is 2.00 bits per heavy atom. The first-order valence-electron chi connectivity index (χ1n) is 7.26. The van der Waals surface area contributed by atoms with Crippen LogP contribution in [0.2, 0.25) is 0 Å². The topological polar surface area (TPSA) is 86.7 Å². The summed E-state index contributed by atoms with van der Waals surface area (Å²) in [6.07, 6.45) is -0.298. The van der Waals surface area contributed by atoms with E-state index < -0.39 is 0 Å². The fourth-order valence-corrected chi connectivity index (χ4v) is 3.01. The molecular weight excluding hydrogens is 294 g/mol. The van der Waals surface area contributed by atoms with E-state index in [4.69, 9.17) is 15.2 Å². The first-order valence-corrected chi connectivity index (χ1v) is 7.26. The van der Waals surface area contributed by atoms with Gasteiger partial charge in [-0.1, -0.05) is 18.2 Å². The summed E-state index contributed by atoms with van der Waals surface area (Å²) in [6.45, 7) is 0.246. The molecule has 0 amide bonds. The van der Waals surface area contributed by atoms with Gasteiger partial charge in [0.15, 0.2) is 23.6 Å². The highest BCUT2D eigenvalue weighted by Gasteiger charge is 2.26. The van der Waals surface area contributed by atoms with Gasteiger partial charge >= 0.3 is 0 Å². The Hall–Kier alpha value is -3.22. The van der Waals surface area contributed by atoms with E-state index in [1.165, 1.54) is 0 Å². The molecule has 0 radical (unpaired) electrons. The van der Waals surface area contributed by atoms with Gasteiger partial charge in [-0.05, 0) is 24.3 Å². The van der Waals surface area contributed by atoms with Gasteiger partial charge in [0.1, 0.15) is 0 Å². The number of anilines is 1. The molecule has 1 aromatic heterocycles. The number of nitrogens with two attached hydrogens (primary N) is 1. The summed E-state index contributed by atoms with van der Waals surface area (Å²) in [5.74, 6) is 2.49. The van der Waals surface area contributed by atoms with Crippen LogP contribution < -0.4 is 20.5 Å². The van der Waals surface area contributed by atoms with E-state index in [1.54, 1.807) is 0 Å². The van der Waals surface area contributed by atoms with Crippen molar-refractivity contribution in [1.29, 1.82) is 0 Å². The van der Waals surface area contributed by atoms with E-state index in [0.717, 1.165) is 28.1 Å². The van der Waals surface area contributed by atoms with Gasteiger partial charge in [0.25, 0.3) is 0 Å². The van der Waals surface area contributed by atoms with Crippen molar-refractivity contribution in [2.24, 2.45) is 10.7 Å². The zero-order valence-electron chi connectivity index (χ0n) is 12.1. The van der Waals surface area contributed by atoms with Crippen LogP contribution in [0.25, 0.3) is 11.0 Å². The summed E-state index contributed by atoms with van der Waals surface area (Å²) in [4.78, 5) is 9.14. The van der Waals surface area contributed by atoms with Crippen molar-refractivity contribution < 1.29 is 9.47 Å². The Morgan fingerprint density at radius 3 is 2.96 bits per heavy atom. The number of fused-ring (bicyclic) bond motifs is 4. The van der Waals surface area contributed by atoms with Crippen LogP contribution in [0.4, 0.5) is 5.95 Å². The SMILES string of the molecule is NC1=N[C@H](c2ccc3c(c2)OCO3)n2c(nc3ccccc32)N1. The van der Waals surface area contributed by atoms with Crippen LogP contribution in [0.1, 0.15) is 11.7 Å². The normalized spacial score (nSPS) is 18.4. The molecule has 3 aromatic rings. The Balaban J connectivity index is 1.72. The molecule has 0 saturated heterocycles. The predicted octanol–water partition coefficient (Wildman–Crippen LogP) is 2.05. The Kier molecular flexibility index (Phi) is 2.35. The minimum atomic E-state index is -0.298. The Morgan fingerprint density at radius 1 is 1.13 bits per heavy atom. The third kappa shape index (κ3) is 1.76. The molecule has 0 unspecified atom stereocenters. The summed E-state index contributed by atoms with van der Waals surface area (Å²) in [6, 6.07) is 13.7. The largest absolute Gasteiger partial charge is 0.454 e. The minimum absolute atomic E-state index is 0.246. The van der Waals surface area contributed by atoms with Gasteiger partial charge in [0, 0.05) is 5.56 Å². The lowest BCUT2D eigenvalue weighted by molar-refractivity contribution is 0.174. The summed E-state index contributed by atoms with van der Waals surface area (Å²) >= 11 is 0. The van der Waals surface area contributed by atoms with Crippen LogP contribution in [0, 0.1) is 0 Å². The lowest BCUT2D eigenvalue weighted by Gasteiger charge is -2.23. The van der Waals surface area contributed by atoms with E-state index in [1.807, 2.05) is 47.0 Å². The van der Waals surface area contributed by atoms with Gasteiger partial charge < -0.3 is 15.2 Å². The molecule has 3 heterocycles. The smallest absolute Gasteiger partial charge is 0.231 e. The fourth-order valence-electron chi connectivity index (χ4n) is 3.01. The first-order chi connectivity index (χ1) is 11.3. The van der Waals surface area contributed by atoms with Crippen LogP contribution in [0.5, 0.6) is 11.5 Å². The summed E-state index contributed by atoms with van der Waals surface area (Å²) in [7, 11) is 0. The third-order valence-electron chi connectivity index (χ3n) is 4.04. The highest BCUT2D eigenvalue weighted by Crippen LogP contribution is 2.38. The first kappa shape index (κ1) is 12.3. The number of nitrogens with one attached hydrogen (secondary N) is 1. The molecule has 0 aliphatic carbocycles. The molecule has 114 valence electrons. The molecule has 3 N–H and O–H groups in total. The van der Waals surface area contributed by atoms with Crippen molar-refractivity contribution in [1.82, 2.24) is 9.55 Å². The number of hydrogen-bond acceptors (Lipinski definition) is 6. The van der Waals surface area contributed by atoms with Gasteiger partial charge in [0.2, 0.25) is 12.7 Å². The van der Waals surface area contributed by atoms with Crippen molar-refractivity contribution in [3.05, 3.63) is 48.0 Å². The van der Waals surface area contributed by atoms with E-state index in [0.29, 0.717) is 11.9 Å². The van der Waals surface area contributed by atoms with Crippen LogP contribution in [-0.2, 0) is 0 Å². The van der Waals surface area contributed by atoms with E-state index >= 15 is 0 Å². The summed E-state index contributed by atoms with van der Waals surface area (Å²) in [5, 5.41) is 3.03. The van der Waals surface area contributed by atoms with Crippen LogP contribution in [-0.4, -0.2) is 22.3 Å². The number of aromatic nitrogens is 2. The van der Waals surface area contributed by atoms with Crippen LogP contribution in [0.15, 0.2) is 47.5 Å². The lowest BCUT2D eigenvalue weighted by atomic mass is 10.1. The van der Waals surface area contributed by atoms with Crippen LogP contribution in [0.3, 0.4) is 0 Å². The average molecular weight is 307 g/mol. The Labute approximate surface area is 131 Å². The summed E-state index contributed by atoms with van der Waals surface area (Å²) in [5.41, 5.74) is 8.79. The van der Waals surface area contributed by atoms with E-state index in [9.17, 15) is 0 Å². The number of rotatable bonds is 1. The fraction of sp³-hybridized carbons (Fsp3) is 0.125. The van der Waals surface area contributed by atoms with Gasteiger partial charge in [-0.15, -0.1) is 0 Å².